The van der Waals surface area contributed by atoms with Crippen LogP contribution in [0.25, 0.3) is 0 Å². The van der Waals surface area contributed by atoms with Crippen molar-refractivity contribution in [3.63, 3.8) is 0 Å². The van der Waals surface area contributed by atoms with Crippen molar-refractivity contribution in [2.45, 2.75) is 13.3 Å². The van der Waals surface area contributed by atoms with Gasteiger partial charge in [-0.2, -0.15) is 0 Å². The summed E-state index contributed by atoms with van der Waals surface area (Å²) in [6.07, 6.45) is 0.485. The minimum Gasteiger partial charge on any atom is -0.294 e. The number of aryl methyl sites for hydroxylation is 1. The number of hydrogen-bond donors (Lipinski definition) is 0. The van der Waals surface area contributed by atoms with Crippen LogP contribution in [0.2, 0.25) is 0 Å². The maximum atomic E-state index is 12.0. The second-order valence-corrected chi connectivity index (χ2v) is 5.55. The summed E-state index contributed by atoms with van der Waals surface area (Å²) in [5.41, 5.74) is 1.92. The Labute approximate surface area is 107 Å². The molecular formula is C13H11BrOS. The monoisotopic (exact) mass is 294 g/mol. The molecule has 0 amide bonds. The molecule has 0 saturated heterocycles. The molecular weight excluding hydrogens is 284 g/mol. The average molecular weight is 295 g/mol. The molecule has 1 nitrogen and oxygen atoms in total. The van der Waals surface area contributed by atoms with Crippen LogP contribution in [-0.4, -0.2) is 5.78 Å². The Bertz CT molecular complexity index is 503. The average Bonchev–Trinajstić information content (AvgIpc) is 2.70. The van der Waals surface area contributed by atoms with Crippen LogP contribution in [0.4, 0.5) is 0 Å². The summed E-state index contributed by atoms with van der Waals surface area (Å²) in [4.78, 5) is 13.1. The van der Waals surface area contributed by atoms with Gasteiger partial charge in [-0.05, 0) is 36.1 Å². The molecule has 0 spiro atoms. The topological polar surface area (TPSA) is 17.1 Å². The largest absolute Gasteiger partial charge is 0.294 e. The van der Waals surface area contributed by atoms with E-state index in [-0.39, 0.29) is 5.78 Å². The SMILES string of the molecule is Cc1ccc(C(=O)Cc2cccs2)c(Br)c1. The molecule has 0 unspecified atom stereocenters. The molecule has 0 fully saturated rings. The van der Waals surface area contributed by atoms with E-state index in [2.05, 4.69) is 15.9 Å². The van der Waals surface area contributed by atoms with Crippen molar-refractivity contribution in [3.8, 4) is 0 Å². The number of thiophene rings is 1. The van der Waals surface area contributed by atoms with Crippen LogP contribution >= 0.6 is 27.3 Å². The van der Waals surface area contributed by atoms with E-state index in [9.17, 15) is 4.79 Å². The van der Waals surface area contributed by atoms with E-state index in [0.29, 0.717) is 6.42 Å². The molecule has 0 atom stereocenters. The van der Waals surface area contributed by atoms with Gasteiger partial charge < -0.3 is 0 Å². The standard InChI is InChI=1S/C13H11BrOS/c1-9-4-5-11(12(14)7-9)13(15)8-10-3-2-6-16-10/h2-7H,8H2,1H3. The number of Topliss-reactive ketones (excluding diaryl/α,β-unsaturated/α-hetero) is 1. The third-order valence-corrected chi connectivity index (χ3v) is 3.87. The molecule has 1 aromatic carbocycles. The summed E-state index contributed by atoms with van der Waals surface area (Å²) in [5.74, 6) is 0.161. The Kier molecular flexibility index (Phi) is 3.56. The van der Waals surface area contributed by atoms with E-state index < -0.39 is 0 Å². The number of benzene rings is 1. The molecule has 0 aliphatic carbocycles. The van der Waals surface area contributed by atoms with Crippen LogP contribution in [0.15, 0.2) is 40.2 Å². The van der Waals surface area contributed by atoms with Crippen molar-refractivity contribution < 1.29 is 4.79 Å². The molecule has 2 aromatic rings. The summed E-state index contributed by atoms with van der Waals surface area (Å²) in [6, 6.07) is 9.78. The molecule has 1 aromatic heterocycles. The van der Waals surface area contributed by atoms with Crippen molar-refractivity contribution in [3.05, 3.63) is 56.2 Å². The Hall–Kier alpha value is -0.930. The fraction of sp³-hybridized carbons (Fsp3) is 0.154. The van der Waals surface area contributed by atoms with E-state index in [1.807, 2.05) is 42.6 Å². The van der Waals surface area contributed by atoms with Gasteiger partial charge in [-0.25, -0.2) is 0 Å². The summed E-state index contributed by atoms with van der Waals surface area (Å²) in [5, 5.41) is 1.99. The molecule has 16 heavy (non-hydrogen) atoms. The van der Waals surface area contributed by atoms with E-state index in [1.165, 1.54) is 0 Å². The number of ketones is 1. The molecule has 1 heterocycles. The van der Waals surface area contributed by atoms with Gasteiger partial charge in [0.2, 0.25) is 0 Å². The maximum Gasteiger partial charge on any atom is 0.169 e. The first-order chi connectivity index (χ1) is 7.66. The molecule has 3 heteroatoms. The maximum absolute atomic E-state index is 12.0. The lowest BCUT2D eigenvalue weighted by atomic mass is 10.1. The lowest BCUT2D eigenvalue weighted by molar-refractivity contribution is 0.0993. The highest BCUT2D eigenvalue weighted by Crippen LogP contribution is 2.21. The zero-order chi connectivity index (χ0) is 11.5. The number of carbonyl (C=O) groups excluding carboxylic acids is 1. The Balaban J connectivity index is 2.21. The number of carbonyl (C=O) groups is 1. The van der Waals surface area contributed by atoms with Gasteiger partial charge in [0.1, 0.15) is 0 Å². The van der Waals surface area contributed by atoms with Crippen LogP contribution in [-0.2, 0) is 6.42 Å². The van der Waals surface area contributed by atoms with E-state index >= 15 is 0 Å². The first-order valence-electron chi connectivity index (χ1n) is 4.98. The molecule has 0 aliphatic rings. The van der Waals surface area contributed by atoms with E-state index in [1.54, 1.807) is 11.3 Å². The van der Waals surface area contributed by atoms with Crippen LogP contribution in [0.3, 0.4) is 0 Å². The summed E-state index contributed by atoms with van der Waals surface area (Å²) in [7, 11) is 0. The number of hydrogen-bond acceptors (Lipinski definition) is 2. The van der Waals surface area contributed by atoms with Crippen molar-refractivity contribution >= 4 is 33.0 Å². The second-order valence-electron chi connectivity index (χ2n) is 3.66. The second kappa shape index (κ2) is 4.93. The van der Waals surface area contributed by atoms with Crippen LogP contribution in [0.5, 0.6) is 0 Å². The summed E-state index contributed by atoms with van der Waals surface area (Å²) >= 11 is 5.05. The molecule has 0 radical (unpaired) electrons. The van der Waals surface area contributed by atoms with Gasteiger partial charge in [0, 0.05) is 21.3 Å². The summed E-state index contributed by atoms with van der Waals surface area (Å²) < 4.78 is 0.883. The predicted octanol–water partition coefficient (Wildman–Crippen LogP) is 4.24. The van der Waals surface area contributed by atoms with E-state index in [0.717, 1.165) is 20.5 Å². The highest BCUT2D eigenvalue weighted by atomic mass is 79.9. The normalized spacial score (nSPS) is 10.4. The Morgan fingerprint density at radius 3 is 2.81 bits per heavy atom. The number of halogens is 1. The molecule has 0 aliphatic heterocycles. The Morgan fingerprint density at radius 1 is 1.38 bits per heavy atom. The number of rotatable bonds is 3. The Morgan fingerprint density at radius 2 is 2.19 bits per heavy atom. The molecule has 0 saturated carbocycles. The zero-order valence-corrected chi connectivity index (χ0v) is 11.3. The lowest BCUT2D eigenvalue weighted by Crippen LogP contribution is -2.03. The predicted molar refractivity (Wildman–Crippen MR) is 71.2 cm³/mol. The zero-order valence-electron chi connectivity index (χ0n) is 8.87. The molecule has 82 valence electrons. The minimum absolute atomic E-state index is 0.161. The van der Waals surface area contributed by atoms with Crippen LogP contribution in [0.1, 0.15) is 20.8 Å². The first kappa shape index (κ1) is 11.6. The highest BCUT2D eigenvalue weighted by molar-refractivity contribution is 9.10. The molecule has 2 rings (SSSR count). The fourth-order valence-corrected chi connectivity index (χ4v) is 2.93. The minimum atomic E-state index is 0.161. The van der Waals surface area contributed by atoms with Gasteiger partial charge in [0.15, 0.2) is 5.78 Å². The summed E-state index contributed by atoms with van der Waals surface area (Å²) in [6.45, 7) is 2.01. The first-order valence-corrected chi connectivity index (χ1v) is 6.66. The van der Waals surface area contributed by atoms with Crippen molar-refractivity contribution in [1.82, 2.24) is 0 Å². The van der Waals surface area contributed by atoms with Crippen molar-refractivity contribution in [2.24, 2.45) is 0 Å². The van der Waals surface area contributed by atoms with Crippen molar-refractivity contribution in [2.75, 3.05) is 0 Å². The van der Waals surface area contributed by atoms with Gasteiger partial charge >= 0.3 is 0 Å². The van der Waals surface area contributed by atoms with Gasteiger partial charge in [-0.3, -0.25) is 4.79 Å². The highest BCUT2D eigenvalue weighted by Gasteiger charge is 2.11. The fourth-order valence-electron chi connectivity index (χ4n) is 1.51. The third-order valence-electron chi connectivity index (χ3n) is 2.34. The van der Waals surface area contributed by atoms with Gasteiger partial charge in [0.25, 0.3) is 0 Å². The van der Waals surface area contributed by atoms with Gasteiger partial charge in [-0.1, -0.05) is 28.1 Å². The van der Waals surface area contributed by atoms with Crippen LogP contribution in [0, 0.1) is 6.92 Å². The van der Waals surface area contributed by atoms with Gasteiger partial charge in [0.05, 0.1) is 0 Å². The third kappa shape index (κ3) is 2.60. The quantitative estimate of drug-likeness (QED) is 0.774. The molecule has 0 bridgehead atoms. The molecule has 0 N–H and O–H groups in total. The van der Waals surface area contributed by atoms with Crippen LogP contribution < -0.4 is 0 Å². The van der Waals surface area contributed by atoms with Gasteiger partial charge in [-0.15, -0.1) is 11.3 Å². The lowest BCUT2D eigenvalue weighted by Gasteiger charge is -2.03. The van der Waals surface area contributed by atoms with E-state index in [4.69, 9.17) is 0 Å². The smallest absolute Gasteiger partial charge is 0.169 e. The van der Waals surface area contributed by atoms with Crippen molar-refractivity contribution in [1.29, 1.82) is 0 Å².